The molecule has 1 aliphatic heterocycles. The van der Waals surface area contributed by atoms with Crippen LogP contribution in [0.1, 0.15) is 36.9 Å². The molecule has 4 heteroatoms. The molecule has 2 N–H and O–H groups in total. The summed E-state index contributed by atoms with van der Waals surface area (Å²) in [7, 11) is 0. The predicted molar refractivity (Wildman–Crippen MR) is 89.7 cm³/mol. The van der Waals surface area contributed by atoms with Crippen LogP contribution in [0.2, 0.25) is 0 Å². The molecule has 1 heterocycles. The highest BCUT2D eigenvalue weighted by atomic mass is 79.9. The molecule has 1 unspecified atom stereocenters. The molecule has 1 atom stereocenters. The van der Waals surface area contributed by atoms with E-state index in [2.05, 4.69) is 52.5 Å². The standard InChI is InChI=1S/C17H17BrN2O/c1-10(2)11-6-8-12(9-7-11)19-16-15-13(18)4-3-5-14(15)20-17(16)21/h3-10,16,19H,1-2H3,(H,20,21). The molecule has 0 spiro atoms. The number of hydrogen-bond acceptors (Lipinski definition) is 2. The van der Waals surface area contributed by atoms with Gasteiger partial charge in [0.05, 0.1) is 0 Å². The summed E-state index contributed by atoms with van der Waals surface area (Å²) in [5.41, 5.74) is 4.07. The van der Waals surface area contributed by atoms with Crippen molar-refractivity contribution in [2.24, 2.45) is 0 Å². The van der Waals surface area contributed by atoms with Gasteiger partial charge in [0.15, 0.2) is 0 Å². The summed E-state index contributed by atoms with van der Waals surface area (Å²) in [5.74, 6) is 0.480. The van der Waals surface area contributed by atoms with E-state index in [9.17, 15) is 4.79 Å². The number of benzene rings is 2. The van der Waals surface area contributed by atoms with E-state index in [1.807, 2.05) is 30.3 Å². The number of amides is 1. The predicted octanol–water partition coefficient (Wildman–Crippen LogP) is 4.68. The maximum atomic E-state index is 12.2. The minimum Gasteiger partial charge on any atom is -0.370 e. The van der Waals surface area contributed by atoms with Crippen LogP contribution in [-0.2, 0) is 4.79 Å². The number of halogens is 1. The lowest BCUT2D eigenvalue weighted by Gasteiger charge is -2.15. The molecule has 21 heavy (non-hydrogen) atoms. The first-order chi connectivity index (χ1) is 10.1. The fourth-order valence-corrected chi connectivity index (χ4v) is 3.14. The summed E-state index contributed by atoms with van der Waals surface area (Å²) in [6.07, 6.45) is 0. The molecular weight excluding hydrogens is 328 g/mol. The lowest BCUT2D eigenvalue weighted by atomic mass is 10.0. The van der Waals surface area contributed by atoms with E-state index < -0.39 is 0 Å². The van der Waals surface area contributed by atoms with Crippen LogP contribution in [0.15, 0.2) is 46.9 Å². The SMILES string of the molecule is CC(C)c1ccc(NC2C(=O)Nc3cccc(Br)c32)cc1. The second-order valence-corrected chi connectivity index (χ2v) is 6.40. The number of rotatable bonds is 3. The normalized spacial score (nSPS) is 16.8. The Morgan fingerprint density at radius 2 is 1.86 bits per heavy atom. The van der Waals surface area contributed by atoms with E-state index in [1.165, 1.54) is 5.56 Å². The molecule has 1 aliphatic rings. The maximum Gasteiger partial charge on any atom is 0.251 e. The lowest BCUT2D eigenvalue weighted by Crippen LogP contribution is -2.19. The van der Waals surface area contributed by atoms with Gasteiger partial charge in [-0.3, -0.25) is 4.79 Å². The van der Waals surface area contributed by atoms with Crippen molar-refractivity contribution in [1.29, 1.82) is 0 Å². The minimum atomic E-state index is -0.361. The fourth-order valence-electron chi connectivity index (χ4n) is 2.54. The van der Waals surface area contributed by atoms with Gasteiger partial charge in [-0.15, -0.1) is 0 Å². The van der Waals surface area contributed by atoms with Crippen LogP contribution in [0.25, 0.3) is 0 Å². The molecule has 108 valence electrons. The van der Waals surface area contributed by atoms with Gasteiger partial charge in [-0.05, 0) is 35.7 Å². The van der Waals surface area contributed by atoms with Gasteiger partial charge in [-0.25, -0.2) is 0 Å². The molecule has 0 saturated heterocycles. The van der Waals surface area contributed by atoms with Crippen molar-refractivity contribution in [3.8, 4) is 0 Å². The van der Waals surface area contributed by atoms with E-state index >= 15 is 0 Å². The van der Waals surface area contributed by atoms with Crippen molar-refractivity contribution in [3.63, 3.8) is 0 Å². The van der Waals surface area contributed by atoms with Gasteiger partial charge in [0.25, 0.3) is 5.91 Å². The number of hydrogen-bond donors (Lipinski definition) is 2. The lowest BCUT2D eigenvalue weighted by molar-refractivity contribution is -0.116. The second-order valence-electron chi connectivity index (χ2n) is 5.54. The van der Waals surface area contributed by atoms with Gasteiger partial charge in [0, 0.05) is 21.4 Å². The quantitative estimate of drug-likeness (QED) is 0.848. The first-order valence-electron chi connectivity index (χ1n) is 7.02. The van der Waals surface area contributed by atoms with Gasteiger partial charge >= 0.3 is 0 Å². The van der Waals surface area contributed by atoms with E-state index in [0.717, 1.165) is 21.4 Å². The first-order valence-corrected chi connectivity index (χ1v) is 7.81. The van der Waals surface area contributed by atoms with Gasteiger partial charge in [-0.1, -0.05) is 48.0 Å². The number of nitrogens with one attached hydrogen (secondary N) is 2. The van der Waals surface area contributed by atoms with Gasteiger partial charge in [0.2, 0.25) is 0 Å². The average Bonchev–Trinajstić information content (AvgIpc) is 2.77. The zero-order valence-corrected chi connectivity index (χ0v) is 13.6. The molecule has 0 fully saturated rings. The van der Waals surface area contributed by atoms with Crippen molar-refractivity contribution in [3.05, 3.63) is 58.1 Å². The van der Waals surface area contributed by atoms with Crippen molar-refractivity contribution >= 4 is 33.2 Å². The molecule has 3 nitrogen and oxygen atoms in total. The molecule has 0 radical (unpaired) electrons. The molecule has 0 aromatic heterocycles. The van der Waals surface area contributed by atoms with Crippen molar-refractivity contribution < 1.29 is 4.79 Å². The molecular formula is C17H17BrN2O. The molecule has 0 bridgehead atoms. The van der Waals surface area contributed by atoms with E-state index in [-0.39, 0.29) is 11.9 Å². The van der Waals surface area contributed by atoms with Crippen molar-refractivity contribution in [1.82, 2.24) is 0 Å². The summed E-state index contributed by atoms with van der Waals surface area (Å²) in [4.78, 5) is 12.2. The number of fused-ring (bicyclic) bond motifs is 1. The smallest absolute Gasteiger partial charge is 0.251 e. The number of carbonyl (C=O) groups excluding carboxylic acids is 1. The molecule has 2 aromatic carbocycles. The van der Waals surface area contributed by atoms with Crippen LogP contribution in [0.5, 0.6) is 0 Å². The summed E-state index contributed by atoms with van der Waals surface area (Å²) in [6.45, 7) is 4.33. The van der Waals surface area contributed by atoms with Crippen LogP contribution in [0.4, 0.5) is 11.4 Å². The second kappa shape index (κ2) is 5.53. The van der Waals surface area contributed by atoms with E-state index in [0.29, 0.717) is 5.92 Å². The highest BCUT2D eigenvalue weighted by molar-refractivity contribution is 9.10. The van der Waals surface area contributed by atoms with Crippen LogP contribution in [0.3, 0.4) is 0 Å². The Kier molecular flexibility index (Phi) is 3.72. The third kappa shape index (κ3) is 2.68. The topological polar surface area (TPSA) is 41.1 Å². The Hall–Kier alpha value is -1.81. The zero-order chi connectivity index (χ0) is 15.0. The molecule has 2 aromatic rings. The van der Waals surface area contributed by atoms with Crippen LogP contribution in [0, 0.1) is 0 Å². The van der Waals surface area contributed by atoms with E-state index in [4.69, 9.17) is 0 Å². The van der Waals surface area contributed by atoms with Gasteiger partial charge in [0.1, 0.15) is 6.04 Å². The van der Waals surface area contributed by atoms with Crippen molar-refractivity contribution in [2.45, 2.75) is 25.8 Å². The van der Waals surface area contributed by atoms with Crippen molar-refractivity contribution in [2.75, 3.05) is 10.6 Å². The summed E-state index contributed by atoms with van der Waals surface area (Å²) < 4.78 is 0.939. The third-order valence-corrected chi connectivity index (χ3v) is 4.44. The largest absolute Gasteiger partial charge is 0.370 e. The summed E-state index contributed by atoms with van der Waals surface area (Å²) in [5, 5.41) is 6.22. The fraction of sp³-hybridized carbons (Fsp3) is 0.235. The van der Waals surface area contributed by atoms with Crippen LogP contribution < -0.4 is 10.6 Å². The summed E-state index contributed by atoms with van der Waals surface area (Å²) in [6, 6.07) is 13.7. The first kappa shape index (κ1) is 14.1. The van der Waals surface area contributed by atoms with E-state index in [1.54, 1.807) is 0 Å². The van der Waals surface area contributed by atoms with Crippen LogP contribution >= 0.6 is 15.9 Å². The monoisotopic (exact) mass is 344 g/mol. The Bertz CT molecular complexity index is 680. The molecule has 0 aliphatic carbocycles. The highest BCUT2D eigenvalue weighted by Gasteiger charge is 2.32. The number of anilines is 2. The van der Waals surface area contributed by atoms with Gasteiger partial charge in [-0.2, -0.15) is 0 Å². The molecule has 0 saturated carbocycles. The average molecular weight is 345 g/mol. The van der Waals surface area contributed by atoms with Crippen LogP contribution in [-0.4, -0.2) is 5.91 Å². The Morgan fingerprint density at radius 3 is 2.52 bits per heavy atom. The summed E-state index contributed by atoms with van der Waals surface area (Å²) >= 11 is 3.53. The number of carbonyl (C=O) groups is 1. The Balaban J connectivity index is 1.87. The third-order valence-electron chi connectivity index (χ3n) is 3.75. The molecule has 1 amide bonds. The van der Waals surface area contributed by atoms with Gasteiger partial charge < -0.3 is 10.6 Å². The minimum absolute atomic E-state index is 0.0233. The highest BCUT2D eigenvalue weighted by Crippen LogP contribution is 2.38. The Labute approximate surface area is 132 Å². The Morgan fingerprint density at radius 1 is 1.14 bits per heavy atom. The molecule has 3 rings (SSSR count). The maximum absolute atomic E-state index is 12.2. The zero-order valence-electron chi connectivity index (χ0n) is 12.0.